The van der Waals surface area contributed by atoms with E-state index in [1.807, 2.05) is 77.6 Å². The lowest BCUT2D eigenvalue weighted by molar-refractivity contribution is 0.0948. The zero-order valence-corrected chi connectivity index (χ0v) is 16.2. The van der Waals surface area contributed by atoms with Crippen molar-refractivity contribution >= 4 is 22.2 Å². The summed E-state index contributed by atoms with van der Waals surface area (Å²) in [5.74, 6) is 0.597. The Bertz CT molecular complexity index is 1340. The largest absolute Gasteiger partial charge is 0.346 e. The van der Waals surface area contributed by atoms with Crippen LogP contribution >= 0.6 is 0 Å². The highest BCUT2D eigenvalue weighted by Gasteiger charge is 2.17. The second-order valence-corrected chi connectivity index (χ2v) is 7.07. The van der Waals surface area contributed by atoms with Crippen molar-refractivity contribution in [3.05, 3.63) is 108 Å². The molecule has 0 unspecified atom stereocenters. The summed E-state index contributed by atoms with van der Waals surface area (Å²) in [7, 11) is 0. The first-order valence-electron chi connectivity index (χ1n) is 9.74. The molecule has 1 aromatic carbocycles. The van der Waals surface area contributed by atoms with Gasteiger partial charge in [-0.05, 0) is 34.7 Å². The summed E-state index contributed by atoms with van der Waals surface area (Å²) in [6, 6.07) is 17.7. The average Bonchev–Trinajstić information content (AvgIpc) is 3.17. The van der Waals surface area contributed by atoms with E-state index in [-0.39, 0.29) is 5.91 Å². The molecule has 0 saturated heterocycles. The molecule has 4 heterocycles. The van der Waals surface area contributed by atoms with E-state index in [1.54, 1.807) is 12.4 Å². The van der Waals surface area contributed by atoms with Crippen LogP contribution in [-0.4, -0.2) is 25.3 Å². The minimum absolute atomic E-state index is 0.205. The molecule has 0 bridgehead atoms. The Hall–Kier alpha value is -4.06. The van der Waals surface area contributed by atoms with Gasteiger partial charge in [0, 0.05) is 49.3 Å². The van der Waals surface area contributed by atoms with Gasteiger partial charge in [0.25, 0.3) is 5.91 Å². The van der Waals surface area contributed by atoms with Gasteiger partial charge >= 0.3 is 0 Å². The fourth-order valence-electron chi connectivity index (χ4n) is 3.66. The summed E-state index contributed by atoms with van der Waals surface area (Å²) in [5, 5.41) is 5.14. The average molecular weight is 393 g/mol. The van der Waals surface area contributed by atoms with Crippen LogP contribution in [0.3, 0.4) is 0 Å². The Balaban J connectivity index is 1.43. The lowest BCUT2D eigenvalue weighted by Gasteiger charge is -2.07. The number of amides is 1. The van der Waals surface area contributed by atoms with Gasteiger partial charge in [0.15, 0.2) is 5.69 Å². The van der Waals surface area contributed by atoms with Crippen LogP contribution in [0.15, 0.2) is 85.6 Å². The fraction of sp³-hybridized carbons (Fsp3) is 0.0833. The molecule has 146 valence electrons. The van der Waals surface area contributed by atoms with Crippen molar-refractivity contribution in [2.75, 3.05) is 0 Å². The number of nitrogens with zero attached hydrogens (tertiary/aromatic N) is 4. The zero-order valence-electron chi connectivity index (χ0n) is 16.2. The second-order valence-electron chi connectivity index (χ2n) is 7.07. The van der Waals surface area contributed by atoms with E-state index in [9.17, 15) is 4.79 Å². The Morgan fingerprint density at radius 1 is 0.933 bits per heavy atom. The van der Waals surface area contributed by atoms with Crippen LogP contribution in [0, 0.1) is 0 Å². The van der Waals surface area contributed by atoms with Gasteiger partial charge in [0.1, 0.15) is 5.82 Å². The summed E-state index contributed by atoms with van der Waals surface area (Å²) in [6.07, 6.45) is 9.71. The second kappa shape index (κ2) is 7.75. The van der Waals surface area contributed by atoms with Gasteiger partial charge in [0.05, 0.1) is 5.52 Å². The number of carbonyl (C=O) groups is 1. The fourth-order valence-corrected chi connectivity index (χ4v) is 3.66. The third-order valence-electron chi connectivity index (χ3n) is 5.11. The summed E-state index contributed by atoms with van der Waals surface area (Å²) < 4.78 is 1.96. The van der Waals surface area contributed by atoms with E-state index >= 15 is 0 Å². The van der Waals surface area contributed by atoms with Gasteiger partial charge in [-0.1, -0.05) is 36.4 Å². The van der Waals surface area contributed by atoms with Crippen molar-refractivity contribution < 1.29 is 4.79 Å². The van der Waals surface area contributed by atoms with Gasteiger partial charge in [-0.2, -0.15) is 0 Å². The predicted molar refractivity (Wildman–Crippen MR) is 115 cm³/mol. The number of nitrogens with one attached hydrogen (secondary N) is 1. The first-order valence-corrected chi connectivity index (χ1v) is 9.74. The molecule has 0 atom stereocenters. The summed E-state index contributed by atoms with van der Waals surface area (Å²) in [5.41, 5.74) is 3.22. The highest BCUT2D eigenvalue weighted by Crippen LogP contribution is 2.18. The quantitative estimate of drug-likeness (QED) is 0.493. The zero-order chi connectivity index (χ0) is 20.3. The van der Waals surface area contributed by atoms with E-state index in [2.05, 4.69) is 20.3 Å². The van der Waals surface area contributed by atoms with Crippen molar-refractivity contribution in [3.63, 3.8) is 0 Å². The monoisotopic (exact) mass is 393 g/mol. The molecular weight excluding hydrogens is 374 g/mol. The minimum Gasteiger partial charge on any atom is -0.346 e. The number of benzene rings is 1. The summed E-state index contributed by atoms with van der Waals surface area (Å²) in [6.45, 7) is 0.386. The smallest absolute Gasteiger partial charge is 0.272 e. The minimum atomic E-state index is -0.205. The van der Waals surface area contributed by atoms with Crippen molar-refractivity contribution in [1.82, 2.24) is 24.7 Å². The molecule has 1 amide bonds. The SMILES string of the molecule is O=C(NCc1cncc2ccccc12)c1nc(Cc2cccnc2)n2ccccc12. The van der Waals surface area contributed by atoms with E-state index < -0.39 is 0 Å². The molecule has 0 saturated carbocycles. The van der Waals surface area contributed by atoms with Gasteiger partial charge in [-0.3, -0.25) is 14.8 Å². The standard InChI is InChI=1S/C24H19N5O/c30-24(27-16-19-15-26-14-18-7-1-2-8-20(18)19)23-21-9-3-4-11-29(21)22(28-23)12-17-6-5-10-25-13-17/h1-11,13-15H,12,16H2,(H,27,30). The maximum Gasteiger partial charge on any atom is 0.272 e. The topological polar surface area (TPSA) is 72.2 Å². The van der Waals surface area contributed by atoms with Gasteiger partial charge < -0.3 is 9.72 Å². The molecule has 0 radical (unpaired) electrons. The van der Waals surface area contributed by atoms with E-state index in [0.29, 0.717) is 18.7 Å². The van der Waals surface area contributed by atoms with Crippen molar-refractivity contribution in [2.45, 2.75) is 13.0 Å². The molecule has 30 heavy (non-hydrogen) atoms. The highest BCUT2D eigenvalue weighted by atomic mass is 16.1. The maximum atomic E-state index is 13.0. The number of imidazole rings is 1. The van der Waals surface area contributed by atoms with E-state index in [1.165, 1.54) is 0 Å². The van der Waals surface area contributed by atoms with Crippen LogP contribution in [0.2, 0.25) is 0 Å². The van der Waals surface area contributed by atoms with Crippen LogP contribution in [0.4, 0.5) is 0 Å². The summed E-state index contributed by atoms with van der Waals surface area (Å²) in [4.78, 5) is 26.1. The van der Waals surface area contributed by atoms with E-state index in [0.717, 1.165) is 33.2 Å². The third kappa shape index (κ3) is 3.39. The van der Waals surface area contributed by atoms with Crippen LogP contribution < -0.4 is 5.32 Å². The number of aromatic nitrogens is 4. The molecule has 0 fully saturated rings. The van der Waals surface area contributed by atoms with Crippen molar-refractivity contribution in [2.24, 2.45) is 0 Å². The Labute approximate surface area is 173 Å². The molecule has 0 aliphatic rings. The predicted octanol–water partition coefficient (Wildman–Crippen LogP) is 3.80. The number of hydrogen-bond donors (Lipinski definition) is 1. The lowest BCUT2D eigenvalue weighted by Crippen LogP contribution is -2.23. The normalized spacial score (nSPS) is 11.1. The number of carbonyl (C=O) groups excluding carboxylic acids is 1. The number of pyridine rings is 3. The molecule has 0 aliphatic carbocycles. The van der Waals surface area contributed by atoms with Gasteiger partial charge in [-0.15, -0.1) is 0 Å². The molecule has 5 rings (SSSR count). The maximum absolute atomic E-state index is 13.0. The van der Waals surface area contributed by atoms with Crippen LogP contribution in [0.5, 0.6) is 0 Å². The number of hydrogen-bond acceptors (Lipinski definition) is 4. The Morgan fingerprint density at radius 3 is 2.73 bits per heavy atom. The molecule has 0 aliphatic heterocycles. The first kappa shape index (κ1) is 18.0. The Kier molecular flexibility index (Phi) is 4.65. The molecule has 4 aromatic heterocycles. The van der Waals surface area contributed by atoms with Crippen LogP contribution in [-0.2, 0) is 13.0 Å². The summed E-state index contributed by atoms with van der Waals surface area (Å²) >= 11 is 0. The number of rotatable bonds is 5. The van der Waals surface area contributed by atoms with Crippen molar-refractivity contribution in [3.8, 4) is 0 Å². The van der Waals surface area contributed by atoms with E-state index in [4.69, 9.17) is 0 Å². The van der Waals surface area contributed by atoms with Crippen molar-refractivity contribution in [1.29, 1.82) is 0 Å². The molecule has 0 spiro atoms. The van der Waals surface area contributed by atoms with Gasteiger partial charge in [0.2, 0.25) is 0 Å². The van der Waals surface area contributed by atoms with Crippen LogP contribution in [0.25, 0.3) is 16.3 Å². The molecule has 6 heteroatoms. The van der Waals surface area contributed by atoms with Crippen LogP contribution in [0.1, 0.15) is 27.4 Å². The molecular formula is C24H19N5O. The highest BCUT2D eigenvalue weighted by molar-refractivity contribution is 5.99. The first-order chi connectivity index (χ1) is 14.8. The number of fused-ring (bicyclic) bond motifs is 2. The van der Waals surface area contributed by atoms with Gasteiger partial charge in [-0.25, -0.2) is 4.98 Å². The molecule has 6 nitrogen and oxygen atoms in total. The molecule has 5 aromatic rings. The third-order valence-corrected chi connectivity index (χ3v) is 5.11. The Morgan fingerprint density at radius 2 is 1.83 bits per heavy atom. The molecule has 1 N–H and O–H groups in total. The lowest BCUT2D eigenvalue weighted by atomic mass is 10.1.